The van der Waals surface area contributed by atoms with Crippen LogP contribution < -0.4 is 5.73 Å². The first-order chi connectivity index (χ1) is 7.51. The molecule has 2 N–H and O–H groups in total. The monoisotopic (exact) mass is 276 g/mol. The first kappa shape index (κ1) is 16.9. The number of hydrogen-bond acceptors (Lipinski definition) is 3. The SMILES string of the molecule is CCCN(CCc1cccs1)CC(C)(C)N.Cl. The highest BCUT2D eigenvalue weighted by Crippen LogP contribution is 2.11. The van der Waals surface area contributed by atoms with Crippen LogP contribution in [0.2, 0.25) is 0 Å². The number of halogens is 1. The molecule has 0 spiro atoms. The maximum atomic E-state index is 6.08. The van der Waals surface area contributed by atoms with Gasteiger partial charge in [0.1, 0.15) is 0 Å². The summed E-state index contributed by atoms with van der Waals surface area (Å²) in [6.07, 6.45) is 2.34. The number of rotatable bonds is 7. The van der Waals surface area contributed by atoms with E-state index >= 15 is 0 Å². The summed E-state index contributed by atoms with van der Waals surface area (Å²) in [5.41, 5.74) is 5.98. The maximum Gasteiger partial charge on any atom is 0.0226 e. The van der Waals surface area contributed by atoms with Gasteiger partial charge in [0.25, 0.3) is 0 Å². The van der Waals surface area contributed by atoms with Crippen LogP contribution in [-0.4, -0.2) is 30.1 Å². The lowest BCUT2D eigenvalue weighted by molar-refractivity contribution is 0.228. The van der Waals surface area contributed by atoms with E-state index in [1.807, 2.05) is 11.3 Å². The van der Waals surface area contributed by atoms with Gasteiger partial charge in [-0.15, -0.1) is 23.7 Å². The van der Waals surface area contributed by atoms with Gasteiger partial charge >= 0.3 is 0 Å². The highest BCUT2D eigenvalue weighted by molar-refractivity contribution is 7.09. The molecule has 0 saturated heterocycles. The second kappa shape index (κ2) is 8.09. The van der Waals surface area contributed by atoms with Crippen molar-refractivity contribution in [3.05, 3.63) is 22.4 Å². The van der Waals surface area contributed by atoms with Crippen LogP contribution in [0.4, 0.5) is 0 Å². The van der Waals surface area contributed by atoms with Gasteiger partial charge in [-0.1, -0.05) is 13.0 Å². The highest BCUT2D eigenvalue weighted by atomic mass is 35.5. The second-order valence-corrected chi connectivity index (χ2v) is 6.13. The van der Waals surface area contributed by atoms with Gasteiger partial charge in [0.15, 0.2) is 0 Å². The van der Waals surface area contributed by atoms with E-state index in [4.69, 9.17) is 5.73 Å². The molecule has 0 bridgehead atoms. The topological polar surface area (TPSA) is 29.3 Å². The minimum atomic E-state index is -0.0926. The molecule has 1 heterocycles. The molecule has 0 aromatic carbocycles. The Hall–Kier alpha value is -0.0900. The van der Waals surface area contributed by atoms with Crippen molar-refractivity contribution in [2.45, 2.75) is 39.2 Å². The third-order valence-electron chi connectivity index (χ3n) is 2.43. The van der Waals surface area contributed by atoms with E-state index in [-0.39, 0.29) is 17.9 Å². The Balaban J connectivity index is 0.00000256. The van der Waals surface area contributed by atoms with E-state index in [9.17, 15) is 0 Å². The maximum absolute atomic E-state index is 6.08. The summed E-state index contributed by atoms with van der Waals surface area (Å²) in [7, 11) is 0. The number of hydrogen-bond donors (Lipinski definition) is 1. The summed E-state index contributed by atoms with van der Waals surface area (Å²) in [6, 6.07) is 4.33. The molecular formula is C13H25ClN2S. The van der Waals surface area contributed by atoms with Crippen LogP contribution >= 0.6 is 23.7 Å². The molecule has 1 rings (SSSR count). The van der Waals surface area contributed by atoms with Gasteiger partial charge in [-0.05, 0) is 44.7 Å². The van der Waals surface area contributed by atoms with Crippen molar-refractivity contribution >= 4 is 23.7 Å². The van der Waals surface area contributed by atoms with Crippen molar-refractivity contribution in [3.8, 4) is 0 Å². The molecule has 2 nitrogen and oxygen atoms in total. The van der Waals surface area contributed by atoms with Gasteiger partial charge in [-0.3, -0.25) is 0 Å². The summed E-state index contributed by atoms with van der Waals surface area (Å²) in [4.78, 5) is 3.94. The molecule has 0 radical (unpaired) electrons. The number of thiophene rings is 1. The minimum Gasteiger partial charge on any atom is -0.324 e. The third-order valence-corrected chi connectivity index (χ3v) is 3.36. The van der Waals surface area contributed by atoms with Gasteiger partial charge in [0.05, 0.1) is 0 Å². The van der Waals surface area contributed by atoms with Crippen molar-refractivity contribution in [3.63, 3.8) is 0 Å². The highest BCUT2D eigenvalue weighted by Gasteiger charge is 2.15. The molecule has 0 aliphatic heterocycles. The van der Waals surface area contributed by atoms with Crippen LogP contribution in [0.1, 0.15) is 32.1 Å². The lowest BCUT2D eigenvalue weighted by Crippen LogP contribution is -2.46. The fourth-order valence-corrected chi connectivity index (χ4v) is 2.58. The van der Waals surface area contributed by atoms with Gasteiger partial charge < -0.3 is 10.6 Å². The second-order valence-electron chi connectivity index (χ2n) is 5.09. The third kappa shape index (κ3) is 7.77. The average Bonchev–Trinajstić information content (AvgIpc) is 2.64. The molecule has 0 aliphatic carbocycles. The van der Waals surface area contributed by atoms with Crippen LogP contribution in [0, 0.1) is 0 Å². The first-order valence-corrected chi connectivity index (χ1v) is 6.93. The van der Waals surface area contributed by atoms with Crippen molar-refractivity contribution in [1.29, 1.82) is 0 Å². The Bertz CT molecular complexity index is 280. The zero-order valence-electron chi connectivity index (χ0n) is 11.1. The standard InChI is InChI=1S/C13H24N2S.ClH/c1-4-8-15(11-13(2,3)14)9-7-12-6-5-10-16-12;/h5-6,10H,4,7-9,11,14H2,1-3H3;1H. The molecule has 100 valence electrons. The fraction of sp³-hybridized carbons (Fsp3) is 0.692. The molecule has 0 aliphatic rings. The van der Waals surface area contributed by atoms with Crippen LogP contribution in [0.15, 0.2) is 17.5 Å². The lowest BCUT2D eigenvalue weighted by Gasteiger charge is -2.29. The van der Waals surface area contributed by atoms with Crippen molar-refractivity contribution in [2.24, 2.45) is 5.73 Å². The molecule has 0 atom stereocenters. The summed E-state index contributed by atoms with van der Waals surface area (Å²) in [6.45, 7) is 9.66. The van der Waals surface area contributed by atoms with Gasteiger partial charge in [-0.2, -0.15) is 0 Å². The summed E-state index contributed by atoms with van der Waals surface area (Å²) < 4.78 is 0. The Kier molecular flexibility index (Phi) is 8.05. The average molecular weight is 277 g/mol. The fourth-order valence-electron chi connectivity index (χ4n) is 1.89. The van der Waals surface area contributed by atoms with Crippen LogP contribution in [0.3, 0.4) is 0 Å². The smallest absolute Gasteiger partial charge is 0.0226 e. The van der Waals surface area contributed by atoms with E-state index in [2.05, 4.69) is 43.2 Å². The van der Waals surface area contributed by atoms with E-state index in [1.165, 1.54) is 11.3 Å². The quantitative estimate of drug-likeness (QED) is 0.829. The molecule has 0 amide bonds. The zero-order chi connectivity index (χ0) is 12.0. The van der Waals surface area contributed by atoms with E-state index in [0.717, 1.165) is 26.1 Å². The van der Waals surface area contributed by atoms with Gasteiger partial charge in [-0.25, -0.2) is 0 Å². The van der Waals surface area contributed by atoms with Crippen molar-refractivity contribution < 1.29 is 0 Å². The van der Waals surface area contributed by atoms with Crippen molar-refractivity contribution in [2.75, 3.05) is 19.6 Å². The Morgan fingerprint density at radius 3 is 2.53 bits per heavy atom. The van der Waals surface area contributed by atoms with E-state index < -0.39 is 0 Å². The summed E-state index contributed by atoms with van der Waals surface area (Å²) in [5, 5.41) is 2.15. The summed E-state index contributed by atoms with van der Waals surface area (Å²) >= 11 is 1.84. The van der Waals surface area contributed by atoms with E-state index in [0.29, 0.717) is 0 Å². The first-order valence-electron chi connectivity index (χ1n) is 6.05. The van der Waals surface area contributed by atoms with E-state index in [1.54, 1.807) is 0 Å². The van der Waals surface area contributed by atoms with Crippen LogP contribution in [-0.2, 0) is 6.42 Å². The number of nitrogens with zero attached hydrogens (tertiary/aromatic N) is 1. The molecule has 4 heteroatoms. The largest absolute Gasteiger partial charge is 0.324 e. The Morgan fingerprint density at radius 2 is 2.06 bits per heavy atom. The minimum absolute atomic E-state index is 0. The number of nitrogens with two attached hydrogens (primary N) is 1. The van der Waals surface area contributed by atoms with Crippen LogP contribution in [0.5, 0.6) is 0 Å². The van der Waals surface area contributed by atoms with Crippen molar-refractivity contribution in [1.82, 2.24) is 4.90 Å². The zero-order valence-corrected chi connectivity index (χ0v) is 12.7. The normalized spacial score (nSPS) is 11.6. The Morgan fingerprint density at radius 1 is 1.35 bits per heavy atom. The van der Waals surface area contributed by atoms with Gasteiger partial charge in [0, 0.05) is 23.5 Å². The summed E-state index contributed by atoms with van der Waals surface area (Å²) in [5.74, 6) is 0. The van der Waals surface area contributed by atoms with Gasteiger partial charge in [0.2, 0.25) is 0 Å². The molecule has 0 fully saturated rings. The lowest BCUT2D eigenvalue weighted by atomic mass is 10.1. The van der Waals surface area contributed by atoms with Crippen LogP contribution in [0.25, 0.3) is 0 Å². The predicted molar refractivity (Wildman–Crippen MR) is 80.3 cm³/mol. The molecule has 1 aromatic heterocycles. The molecular weight excluding hydrogens is 252 g/mol. The molecule has 0 unspecified atom stereocenters. The Labute approximate surface area is 116 Å². The molecule has 17 heavy (non-hydrogen) atoms. The molecule has 1 aromatic rings. The predicted octanol–water partition coefficient (Wildman–Crippen LogP) is 3.16. The molecule has 0 saturated carbocycles.